The van der Waals surface area contributed by atoms with E-state index in [1.807, 2.05) is 0 Å². The lowest BCUT2D eigenvalue weighted by Crippen LogP contribution is -2.14. The van der Waals surface area contributed by atoms with Gasteiger partial charge in [0.25, 0.3) is 5.91 Å². The van der Waals surface area contributed by atoms with Gasteiger partial charge >= 0.3 is 6.18 Å². The van der Waals surface area contributed by atoms with Gasteiger partial charge in [-0.1, -0.05) is 0 Å². The number of nitrogens with two attached hydrogens (primary N) is 1. The van der Waals surface area contributed by atoms with Crippen LogP contribution in [0.3, 0.4) is 0 Å². The molecule has 7 heteroatoms. The summed E-state index contributed by atoms with van der Waals surface area (Å²) in [6.07, 6.45) is -4.66. The Hall–Kier alpha value is -1.79. The summed E-state index contributed by atoms with van der Waals surface area (Å²) in [5.74, 6) is -2.06. The Morgan fingerprint density at radius 2 is 2.00 bits per heavy atom. The van der Waals surface area contributed by atoms with E-state index in [1.54, 1.807) is 0 Å². The van der Waals surface area contributed by atoms with E-state index in [0.717, 1.165) is 6.07 Å². The molecule has 0 aliphatic rings. The molecule has 1 heterocycles. The van der Waals surface area contributed by atoms with Crippen LogP contribution < -0.4 is 5.73 Å². The molecule has 1 aromatic rings. The highest BCUT2D eigenvalue weighted by atomic mass is 19.4. The van der Waals surface area contributed by atoms with E-state index in [2.05, 4.69) is 4.98 Å². The quantitative estimate of drug-likeness (QED) is 0.716. The highest BCUT2D eigenvalue weighted by Gasteiger charge is 2.33. The van der Waals surface area contributed by atoms with Crippen molar-refractivity contribution in [3.63, 3.8) is 0 Å². The molecule has 0 bridgehead atoms. The molecule has 0 fully saturated rings. The second kappa shape index (κ2) is 3.17. The Bertz CT molecular complexity index is 376. The van der Waals surface area contributed by atoms with Gasteiger partial charge in [0.1, 0.15) is 11.3 Å². The number of primary amides is 1. The molecule has 1 aromatic heterocycles. The van der Waals surface area contributed by atoms with Crippen molar-refractivity contribution < 1.29 is 23.1 Å². The zero-order valence-electron chi connectivity index (χ0n) is 6.67. The van der Waals surface area contributed by atoms with Gasteiger partial charge < -0.3 is 10.8 Å². The number of carbonyl (C=O) groups excluding carboxylic acids is 1. The van der Waals surface area contributed by atoms with Crippen LogP contribution in [0.2, 0.25) is 0 Å². The average molecular weight is 206 g/mol. The summed E-state index contributed by atoms with van der Waals surface area (Å²) in [6, 6.07) is 1.34. The summed E-state index contributed by atoms with van der Waals surface area (Å²) < 4.78 is 36.0. The van der Waals surface area contributed by atoms with Crippen molar-refractivity contribution >= 4 is 5.91 Å². The standard InChI is InChI=1S/C7H5F3N2O2/c8-7(9,10)4-2-1-3(5(11)13)6(14)12-4/h1-2H,(H2,11,13)(H,12,14). The van der Waals surface area contributed by atoms with Crippen molar-refractivity contribution in [2.75, 3.05) is 0 Å². The van der Waals surface area contributed by atoms with Gasteiger partial charge in [-0.05, 0) is 12.1 Å². The monoisotopic (exact) mass is 206 g/mol. The predicted octanol–water partition coefficient (Wildman–Crippen LogP) is 0.905. The van der Waals surface area contributed by atoms with Crippen molar-refractivity contribution in [2.45, 2.75) is 6.18 Å². The topological polar surface area (TPSA) is 76.2 Å². The van der Waals surface area contributed by atoms with Crippen molar-refractivity contribution in [3.8, 4) is 5.88 Å². The normalized spacial score (nSPS) is 11.4. The van der Waals surface area contributed by atoms with E-state index < -0.39 is 29.2 Å². The first kappa shape index (κ1) is 10.3. The second-order valence-electron chi connectivity index (χ2n) is 2.43. The van der Waals surface area contributed by atoms with Gasteiger partial charge in [-0.2, -0.15) is 13.2 Å². The third-order valence-electron chi connectivity index (χ3n) is 1.43. The average Bonchev–Trinajstić information content (AvgIpc) is 2.01. The molecule has 1 rings (SSSR count). The number of aromatic nitrogens is 1. The summed E-state index contributed by atoms with van der Waals surface area (Å²) >= 11 is 0. The number of alkyl halides is 3. The second-order valence-corrected chi connectivity index (χ2v) is 2.43. The lowest BCUT2D eigenvalue weighted by Gasteiger charge is -2.06. The molecular weight excluding hydrogens is 201 g/mol. The number of pyridine rings is 1. The van der Waals surface area contributed by atoms with Crippen LogP contribution in [0.5, 0.6) is 5.88 Å². The minimum atomic E-state index is -4.66. The zero-order chi connectivity index (χ0) is 10.9. The number of halogens is 3. The van der Waals surface area contributed by atoms with Gasteiger partial charge in [-0.25, -0.2) is 4.98 Å². The molecule has 0 aliphatic carbocycles. The van der Waals surface area contributed by atoms with E-state index in [9.17, 15) is 18.0 Å². The Balaban J connectivity index is 3.20. The number of amides is 1. The molecule has 0 aromatic carbocycles. The fourth-order valence-electron chi connectivity index (χ4n) is 0.799. The first-order chi connectivity index (χ1) is 6.32. The van der Waals surface area contributed by atoms with E-state index in [0.29, 0.717) is 6.07 Å². The number of hydrogen-bond donors (Lipinski definition) is 2. The molecule has 14 heavy (non-hydrogen) atoms. The van der Waals surface area contributed by atoms with Gasteiger partial charge in [-0.15, -0.1) is 0 Å². The van der Waals surface area contributed by atoms with E-state index in [-0.39, 0.29) is 0 Å². The van der Waals surface area contributed by atoms with E-state index >= 15 is 0 Å². The molecule has 0 aliphatic heterocycles. The van der Waals surface area contributed by atoms with Crippen LogP contribution in [0.25, 0.3) is 0 Å². The van der Waals surface area contributed by atoms with Crippen LogP contribution in [-0.4, -0.2) is 16.0 Å². The minimum Gasteiger partial charge on any atom is -0.493 e. The molecule has 0 unspecified atom stereocenters. The van der Waals surface area contributed by atoms with Crippen LogP contribution in [0.4, 0.5) is 13.2 Å². The maximum atomic E-state index is 12.0. The molecule has 0 spiro atoms. The third-order valence-corrected chi connectivity index (χ3v) is 1.43. The van der Waals surface area contributed by atoms with Crippen molar-refractivity contribution in [3.05, 3.63) is 23.4 Å². The summed E-state index contributed by atoms with van der Waals surface area (Å²) in [6.45, 7) is 0. The first-order valence-electron chi connectivity index (χ1n) is 3.39. The molecule has 0 radical (unpaired) electrons. The molecule has 0 saturated carbocycles. The van der Waals surface area contributed by atoms with Gasteiger partial charge in [-0.3, -0.25) is 4.79 Å². The molecule has 3 N–H and O–H groups in total. The van der Waals surface area contributed by atoms with Crippen molar-refractivity contribution in [1.29, 1.82) is 0 Å². The highest BCUT2D eigenvalue weighted by molar-refractivity contribution is 5.94. The van der Waals surface area contributed by atoms with Crippen molar-refractivity contribution in [1.82, 2.24) is 4.98 Å². The summed E-state index contributed by atoms with van der Waals surface area (Å²) in [5, 5.41) is 8.91. The third kappa shape index (κ3) is 1.93. The highest BCUT2D eigenvalue weighted by Crippen LogP contribution is 2.29. The maximum Gasteiger partial charge on any atom is 0.433 e. The zero-order valence-corrected chi connectivity index (χ0v) is 6.67. The number of aromatic hydroxyl groups is 1. The van der Waals surface area contributed by atoms with E-state index in [1.165, 1.54) is 0 Å². The van der Waals surface area contributed by atoms with Gasteiger partial charge in [0.2, 0.25) is 5.88 Å². The SMILES string of the molecule is NC(=O)c1ccc(C(F)(F)F)nc1O. The van der Waals surface area contributed by atoms with Crippen LogP contribution in [0.15, 0.2) is 12.1 Å². The maximum absolute atomic E-state index is 12.0. The van der Waals surface area contributed by atoms with Gasteiger partial charge in [0.05, 0.1) is 0 Å². The lowest BCUT2D eigenvalue weighted by molar-refractivity contribution is -0.141. The number of hydrogen-bond acceptors (Lipinski definition) is 3. The lowest BCUT2D eigenvalue weighted by atomic mass is 10.2. The van der Waals surface area contributed by atoms with Crippen LogP contribution in [0, 0.1) is 0 Å². The van der Waals surface area contributed by atoms with Gasteiger partial charge in [0, 0.05) is 0 Å². The van der Waals surface area contributed by atoms with Crippen LogP contribution in [-0.2, 0) is 6.18 Å². The Kier molecular flexibility index (Phi) is 2.33. The summed E-state index contributed by atoms with van der Waals surface area (Å²) in [7, 11) is 0. The van der Waals surface area contributed by atoms with E-state index in [4.69, 9.17) is 10.8 Å². The fraction of sp³-hybridized carbons (Fsp3) is 0.143. The largest absolute Gasteiger partial charge is 0.493 e. The minimum absolute atomic E-state index is 0.446. The first-order valence-corrected chi connectivity index (χ1v) is 3.39. The van der Waals surface area contributed by atoms with Gasteiger partial charge in [0.15, 0.2) is 0 Å². The Labute approximate surface area is 76.2 Å². The predicted molar refractivity (Wildman–Crippen MR) is 39.4 cm³/mol. The smallest absolute Gasteiger partial charge is 0.433 e. The Morgan fingerprint density at radius 1 is 1.43 bits per heavy atom. The molecule has 0 saturated heterocycles. The number of carbonyl (C=O) groups is 1. The number of rotatable bonds is 1. The molecule has 76 valence electrons. The number of nitrogens with zero attached hydrogens (tertiary/aromatic N) is 1. The summed E-state index contributed by atoms with van der Waals surface area (Å²) in [5.41, 5.74) is 3.03. The molecule has 4 nitrogen and oxygen atoms in total. The molecular formula is C7H5F3N2O2. The van der Waals surface area contributed by atoms with Crippen LogP contribution in [0.1, 0.15) is 16.1 Å². The molecule has 1 amide bonds. The summed E-state index contributed by atoms with van der Waals surface area (Å²) in [4.78, 5) is 13.3. The Morgan fingerprint density at radius 3 is 2.36 bits per heavy atom. The van der Waals surface area contributed by atoms with Crippen LogP contribution >= 0.6 is 0 Å². The fourth-order valence-corrected chi connectivity index (χ4v) is 0.799. The van der Waals surface area contributed by atoms with Crippen molar-refractivity contribution in [2.24, 2.45) is 5.73 Å². The molecule has 0 atom stereocenters.